The second kappa shape index (κ2) is 18.3. The van der Waals surface area contributed by atoms with E-state index in [1.807, 2.05) is 36.6 Å². The third kappa shape index (κ3) is 11.4. The number of quaternary nitrogens is 1. The molecule has 0 saturated heterocycles. The molecule has 0 bridgehead atoms. The van der Waals surface area contributed by atoms with Crippen molar-refractivity contribution in [3.63, 3.8) is 0 Å². The SMILES string of the molecule is CCCCCCCCCCCCCCCC[N+](Br)(C(=O)OCc1ccccc1)c1ccc([C]=O)cc1. The van der Waals surface area contributed by atoms with Crippen molar-refractivity contribution in [3.8, 4) is 0 Å². The highest BCUT2D eigenvalue weighted by molar-refractivity contribution is 9.09. The van der Waals surface area contributed by atoms with E-state index in [4.69, 9.17) is 4.74 Å². The van der Waals surface area contributed by atoms with Crippen LogP contribution in [0.2, 0.25) is 0 Å². The van der Waals surface area contributed by atoms with Crippen LogP contribution in [0.3, 0.4) is 0 Å². The van der Waals surface area contributed by atoms with Crippen molar-refractivity contribution in [2.45, 2.75) is 103 Å². The minimum atomic E-state index is -0.351. The van der Waals surface area contributed by atoms with Crippen molar-refractivity contribution in [2.75, 3.05) is 6.54 Å². The van der Waals surface area contributed by atoms with E-state index < -0.39 is 0 Å². The zero-order valence-corrected chi connectivity index (χ0v) is 23.6. The molecule has 197 valence electrons. The molecule has 0 N–H and O–H groups in total. The highest BCUT2D eigenvalue weighted by Crippen LogP contribution is 2.31. The number of amides is 1. The number of carbonyl (C=O) groups excluding carboxylic acids is 2. The van der Waals surface area contributed by atoms with Gasteiger partial charge in [-0.15, -0.1) is 3.51 Å². The Bertz CT molecular complexity index is 856. The molecule has 36 heavy (non-hydrogen) atoms. The fraction of sp³-hybridized carbons (Fsp3) is 0.548. The van der Waals surface area contributed by atoms with E-state index in [-0.39, 0.29) is 16.2 Å². The van der Waals surface area contributed by atoms with Crippen LogP contribution in [0.15, 0.2) is 54.6 Å². The normalized spacial score (nSPS) is 12.7. The molecule has 2 aromatic carbocycles. The Labute approximate surface area is 227 Å². The lowest BCUT2D eigenvalue weighted by Crippen LogP contribution is -2.45. The van der Waals surface area contributed by atoms with Crippen LogP contribution in [0, 0.1) is 0 Å². The van der Waals surface area contributed by atoms with Crippen LogP contribution in [0.1, 0.15) is 108 Å². The number of unbranched alkanes of at least 4 members (excludes halogenated alkanes) is 13. The van der Waals surface area contributed by atoms with Gasteiger partial charge in [0.05, 0.1) is 0 Å². The number of halogens is 1. The van der Waals surface area contributed by atoms with E-state index in [2.05, 4.69) is 23.1 Å². The summed E-state index contributed by atoms with van der Waals surface area (Å²) in [5.74, 6) is 0. The molecule has 2 rings (SSSR count). The second-order valence-corrected chi connectivity index (χ2v) is 10.9. The lowest BCUT2D eigenvalue weighted by molar-refractivity contribution is 0.123. The molecule has 1 unspecified atom stereocenters. The van der Waals surface area contributed by atoms with E-state index in [9.17, 15) is 9.59 Å². The Morgan fingerprint density at radius 2 is 1.25 bits per heavy atom. The quantitative estimate of drug-likeness (QED) is 0.127. The van der Waals surface area contributed by atoms with Gasteiger partial charge in [-0.25, -0.2) is 0 Å². The summed E-state index contributed by atoms with van der Waals surface area (Å²) in [5.41, 5.74) is 2.17. The summed E-state index contributed by atoms with van der Waals surface area (Å²) >= 11 is 3.68. The van der Waals surface area contributed by atoms with E-state index in [1.165, 1.54) is 77.0 Å². The largest absolute Gasteiger partial charge is 0.532 e. The Balaban J connectivity index is 1.73. The summed E-state index contributed by atoms with van der Waals surface area (Å²) in [6, 6.07) is 16.7. The maximum absolute atomic E-state index is 13.2. The molecule has 5 heteroatoms. The van der Waals surface area contributed by atoms with Crippen molar-refractivity contribution in [1.29, 1.82) is 0 Å². The maximum atomic E-state index is 13.2. The van der Waals surface area contributed by atoms with Crippen LogP contribution in [0.25, 0.3) is 0 Å². The molecular formula is C31H44BrNO3+. The molecule has 0 aromatic heterocycles. The molecule has 0 aliphatic carbocycles. The topological polar surface area (TPSA) is 43.4 Å². The monoisotopic (exact) mass is 557 g/mol. The lowest BCUT2D eigenvalue weighted by Gasteiger charge is -2.26. The van der Waals surface area contributed by atoms with Gasteiger partial charge in [-0.2, -0.15) is 4.79 Å². The molecule has 1 radical (unpaired) electrons. The van der Waals surface area contributed by atoms with Crippen molar-refractivity contribution in [2.24, 2.45) is 0 Å². The number of hydrogen-bond acceptors (Lipinski definition) is 3. The van der Waals surface area contributed by atoms with Crippen LogP contribution in [-0.4, -0.2) is 18.9 Å². The molecule has 1 amide bonds. The first-order valence-electron chi connectivity index (χ1n) is 13.9. The number of hydrogen-bond donors (Lipinski definition) is 0. The third-order valence-corrected chi connectivity index (χ3v) is 7.76. The molecular weight excluding hydrogens is 514 g/mol. The van der Waals surface area contributed by atoms with Gasteiger partial charge < -0.3 is 4.74 Å². The zero-order valence-electron chi connectivity index (χ0n) is 22.1. The lowest BCUT2D eigenvalue weighted by atomic mass is 10.0. The summed E-state index contributed by atoms with van der Waals surface area (Å²) < 4.78 is 5.57. The first-order valence-corrected chi connectivity index (χ1v) is 14.6. The molecule has 0 saturated carbocycles. The van der Waals surface area contributed by atoms with Crippen LogP contribution in [0.5, 0.6) is 0 Å². The van der Waals surface area contributed by atoms with E-state index in [0.29, 0.717) is 12.1 Å². The number of nitrogens with zero attached hydrogens (tertiary/aromatic N) is 1. The van der Waals surface area contributed by atoms with Gasteiger partial charge >= 0.3 is 6.09 Å². The summed E-state index contributed by atoms with van der Waals surface area (Å²) in [4.78, 5) is 24.1. The molecule has 0 spiro atoms. The number of carbonyl (C=O) groups is 1. The number of ether oxygens (including phenoxy) is 1. The molecule has 4 nitrogen and oxygen atoms in total. The van der Waals surface area contributed by atoms with Crippen LogP contribution in [0.4, 0.5) is 10.5 Å². The third-order valence-electron chi connectivity index (χ3n) is 6.71. The highest BCUT2D eigenvalue weighted by Gasteiger charge is 2.39. The molecule has 1 atom stereocenters. The van der Waals surface area contributed by atoms with Crippen molar-refractivity contribution in [3.05, 3.63) is 65.7 Å². The fourth-order valence-electron chi connectivity index (χ4n) is 4.44. The molecule has 0 aliphatic rings. The van der Waals surface area contributed by atoms with Gasteiger partial charge in [0.15, 0.2) is 5.69 Å². The molecule has 0 heterocycles. The van der Waals surface area contributed by atoms with Gasteiger partial charge in [0.2, 0.25) is 22.4 Å². The Morgan fingerprint density at radius 1 is 0.750 bits per heavy atom. The molecule has 0 fully saturated rings. The summed E-state index contributed by atoms with van der Waals surface area (Å²) in [5, 5.41) is 0. The van der Waals surface area contributed by atoms with Crippen molar-refractivity contribution in [1.82, 2.24) is 3.51 Å². The van der Waals surface area contributed by atoms with Crippen LogP contribution < -0.4 is 3.51 Å². The van der Waals surface area contributed by atoms with Crippen LogP contribution in [-0.2, 0) is 16.1 Å². The summed E-state index contributed by atoms with van der Waals surface area (Å²) in [6.07, 6.45) is 19.6. The average molecular weight is 559 g/mol. The van der Waals surface area contributed by atoms with Gasteiger partial charge in [0, 0.05) is 17.7 Å². The molecule has 0 aliphatic heterocycles. The fourth-order valence-corrected chi connectivity index (χ4v) is 5.03. The minimum Gasteiger partial charge on any atom is -0.414 e. The predicted molar refractivity (Wildman–Crippen MR) is 154 cm³/mol. The van der Waals surface area contributed by atoms with Gasteiger partial charge in [-0.05, 0) is 30.5 Å². The smallest absolute Gasteiger partial charge is 0.414 e. The van der Waals surface area contributed by atoms with Gasteiger partial charge in [-0.1, -0.05) is 114 Å². The zero-order chi connectivity index (χ0) is 25.9. The second-order valence-electron chi connectivity index (χ2n) is 9.73. The first kappa shape index (κ1) is 30.2. The Kier molecular flexibility index (Phi) is 15.4. The number of benzene rings is 2. The van der Waals surface area contributed by atoms with E-state index in [0.717, 1.165) is 24.1 Å². The highest BCUT2D eigenvalue weighted by atomic mass is 79.9. The van der Waals surface area contributed by atoms with E-state index in [1.54, 1.807) is 24.3 Å². The first-order chi connectivity index (χ1) is 17.6. The Morgan fingerprint density at radius 3 is 1.75 bits per heavy atom. The van der Waals surface area contributed by atoms with Gasteiger partial charge in [0.25, 0.3) is 0 Å². The Hall–Kier alpha value is -1.98. The standard InChI is InChI=1S/C31H44BrNO3/c1-2-3-4-5-6-7-8-9-10-11-12-13-14-18-25-33(32,30-23-21-28(26-34)22-24-30)31(35)36-27-29-19-16-15-17-20-29/h15-17,19-24H,2-14,18,25,27H2,1H3/q+1. The summed E-state index contributed by atoms with van der Waals surface area (Å²) in [6.45, 7) is 3.09. The predicted octanol–water partition coefficient (Wildman–Crippen LogP) is 9.58. The van der Waals surface area contributed by atoms with E-state index >= 15 is 0 Å². The minimum absolute atomic E-state index is 0.114. The maximum Gasteiger partial charge on any atom is 0.532 e. The van der Waals surface area contributed by atoms with Gasteiger partial charge in [0.1, 0.15) is 13.2 Å². The van der Waals surface area contributed by atoms with Crippen molar-refractivity contribution < 1.29 is 14.3 Å². The van der Waals surface area contributed by atoms with Crippen LogP contribution >= 0.6 is 16.1 Å². The summed E-state index contributed by atoms with van der Waals surface area (Å²) in [7, 11) is 0. The molecule has 2 aromatic rings. The average Bonchev–Trinajstić information content (AvgIpc) is 2.92. The van der Waals surface area contributed by atoms with Gasteiger partial charge in [-0.3, -0.25) is 4.79 Å². The number of rotatable bonds is 19. The van der Waals surface area contributed by atoms with Crippen molar-refractivity contribution >= 4 is 34.2 Å².